The minimum Gasteiger partial charge on any atom is -0.487 e. The Labute approximate surface area is 163 Å². The lowest BCUT2D eigenvalue weighted by Crippen LogP contribution is -2.24. The maximum absolute atomic E-state index is 6.30. The Balaban J connectivity index is 1.26. The molecule has 3 aromatic rings. The molecule has 0 unspecified atom stereocenters. The van der Waals surface area contributed by atoms with E-state index < -0.39 is 0 Å². The molecule has 2 aliphatic rings. The van der Waals surface area contributed by atoms with Gasteiger partial charge in [0.05, 0.1) is 0 Å². The second-order valence-electron chi connectivity index (χ2n) is 7.31. The quantitative estimate of drug-likeness (QED) is 0.753. The average molecular weight is 377 g/mol. The number of hydrogen-bond donors (Lipinski definition) is 1. The maximum Gasteiger partial charge on any atom is 0.161 e. The highest BCUT2D eigenvalue weighted by Gasteiger charge is 2.25. The van der Waals surface area contributed by atoms with Gasteiger partial charge in [-0.1, -0.05) is 18.2 Å². The molecule has 0 aliphatic carbocycles. The number of nitrogens with zero attached hydrogens (tertiary/aromatic N) is 2. The monoisotopic (exact) mass is 377 g/mol. The molecule has 144 valence electrons. The van der Waals surface area contributed by atoms with E-state index >= 15 is 0 Å². The molecule has 6 nitrogen and oxygen atoms in total. The molecule has 1 aromatic heterocycles. The SMILES string of the molecule is Nc1ccc2cccc(O[C@H]3CCN(Cc4ccc5c(c4)OCCO5)C3)c2n1. The van der Waals surface area contributed by atoms with E-state index in [4.69, 9.17) is 19.9 Å². The minimum atomic E-state index is 0.144. The lowest BCUT2D eigenvalue weighted by Gasteiger charge is -2.21. The number of fused-ring (bicyclic) bond motifs is 2. The zero-order valence-corrected chi connectivity index (χ0v) is 15.6. The molecule has 0 saturated carbocycles. The van der Waals surface area contributed by atoms with Gasteiger partial charge in [0.25, 0.3) is 0 Å². The van der Waals surface area contributed by atoms with Crippen LogP contribution in [0.15, 0.2) is 48.5 Å². The number of rotatable bonds is 4. The van der Waals surface area contributed by atoms with Gasteiger partial charge in [0, 0.05) is 25.0 Å². The fraction of sp³-hybridized carbons (Fsp3) is 0.318. The van der Waals surface area contributed by atoms with Gasteiger partial charge in [-0.3, -0.25) is 4.90 Å². The lowest BCUT2D eigenvalue weighted by molar-refractivity contribution is 0.171. The number of aromatic nitrogens is 1. The summed E-state index contributed by atoms with van der Waals surface area (Å²) in [6.45, 7) is 3.98. The molecule has 1 fully saturated rings. The summed E-state index contributed by atoms with van der Waals surface area (Å²) in [6.07, 6.45) is 1.13. The smallest absolute Gasteiger partial charge is 0.161 e. The van der Waals surface area contributed by atoms with E-state index in [0.29, 0.717) is 19.0 Å². The van der Waals surface area contributed by atoms with Crippen molar-refractivity contribution in [2.45, 2.75) is 19.1 Å². The first-order chi connectivity index (χ1) is 13.7. The minimum absolute atomic E-state index is 0.144. The fourth-order valence-corrected chi connectivity index (χ4v) is 3.89. The van der Waals surface area contributed by atoms with Crippen molar-refractivity contribution in [3.63, 3.8) is 0 Å². The van der Waals surface area contributed by atoms with Crippen LogP contribution in [0, 0.1) is 0 Å². The van der Waals surface area contributed by atoms with E-state index in [1.54, 1.807) is 0 Å². The van der Waals surface area contributed by atoms with Gasteiger partial charge in [0.15, 0.2) is 11.5 Å². The summed E-state index contributed by atoms with van der Waals surface area (Å²) in [6, 6.07) is 16.0. The number of hydrogen-bond acceptors (Lipinski definition) is 6. The van der Waals surface area contributed by atoms with Crippen LogP contribution in [0.1, 0.15) is 12.0 Å². The topological polar surface area (TPSA) is 69.8 Å². The average Bonchev–Trinajstić information content (AvgIpc) is 3.15. The maximum atomic E-state index is 6.30. The van der Waals surface area contributed by atoms with Gasteiger partial charge in [-0.2, -0.15) is 0 Å². The molecule has 1 atom stereocenters. The standard InChI is InChI=1S/C22H23N3O3/c23-21-7-5-16-2-1-3-19(22(16)24-21)28-17-8-9-25(14-17)13-15-4-6-18-20(12-15)27-11-10-26-18/h1-7,12,17H,8-11,13-14H2,(H2,23,24)/t17-/m0/s1. The third kappa shape index (κ3) is 3.43. The van der Waals surface area contributed by atoms with Crippen LogP contribution < -0.4 is 19.9 Å². The summed E-state index contributed by atoms with van der Waals surface area (Å²) >= 11 is 0. The van der Waals surface area contributed by atoms with Crippen LogP contribution in [0.25, 0.3) is 10.9 Å². The fourth-order valence-electron chi connectivity index (χ4n) is 3.89. The van der Waals surface area contributed by atoms with Crippen LogP contribution >= 0.6 is 0 Å². The highest BCUT2D eigenvalue weighted by atomic mass is 16.6. The summed E-state index contributed by atoms with van der Waals surface area (Å²) in [4.78, 5) is 6.86. The molecule has 1 saturated heterocycles. The second-order valence-corrected chi connectivity index (χ2v) is 7.31. The third-order valence-corrected chi connectivity index (χ3v) is 5.24. The Bertz CT molecular complexity index is 1010. The van der Waals surface area contributed by atoms with Gasteiger partial charge in [-0.15, -0.1) is 0 Å². The van der Waals surface area contributed by atoms with Crippen molar-refractivity contribution in [1.29, 1.82) is 0 Å². The predicted molar refractivity (Wildman–Crippen MR) is 108 cm³/mol. The Morgan fingerprint density at radius 1 is 1.07 bits per heavy atom. The summed E-state index contributed by atoms with van der Waals surface area (Å²) in [7, 11) is 0. The first kappa shape index (κ1) is 17.1. The van der Waals surface area contributed by atoms with E-state index in [1.165, 1.54) is 5.56 Å². The van der Waals surface area contributed by atoms with Crippen LogP contribution in [-0.2, 0) is 6.54 Å². The molecular weight excluding hydrogens is 354 g/mol. The highest BCUT2D eigenvalue weighted by molar-refractivity contribution is 5.85. The highest BCUT2D eigenvalue weighted by Crippen LogP contribution is 2.32. The van der Waals surface area contributed by atoms with E-state index in [9.17, 15) is 0 Å². The van der Waals surface area contributed by atoms with Crippen molar-refractivity contribution >= 4 is 16.7 Å². The Kier molecular flexibility index (Phi) is 4.41. The van der Waals surface area contributed by atoms with Crippen molar-refractivity contribution in [1.82, 2.24) is 9.88 Å². The van der Waals surface area contributed by atoms with E-state index in [0.717, 1.165) is 54.2 Å². The van der Waals surface area contributed by atoms with Gasteiger partial charge in [-0.05, 0) is 42.3 Å². The molecule has 2 aliphatic heterocycles. The number of anilines is 1. The number of para-hydroxylation sites is 1. The van der Waals surface area contributed by atoms with Crippen molar-refractivity contribution in [2.24, 2.45) is 0 Å². The van der Waals surface area contributed by atoms with Gasteiger partial charge in [0.1, 0.15) is 36.4 Å². The molecule has 2 aromatic carbocycles. The van der Waals surface area contributed by atoms with Crippen molar-refractivity contribution in [3.05, 3.63) is 54.1 Å². The molecule has 5 rings (SSSR count). The molecule has 2 N–H and O–H groups in total. The first-order valence-corrected chi connectivity index (χ1v) is 9.67. The first-order valence-electron chi connectivity index (χ1n) is 9.67. The van der Waals surface area contributed by atoms with Crippen LogP contribution in [0.5, 0.6) is 17.2 Å². The molecule has 0 radical (unpaired) electrons. The zero-order chi connectivity index (χ0) is 18.9. The van der Waals surface area contributed by atoms with E-state index in [1.807, 2.05) is 36.4 Å². The van der Waals surface area contributed by atoms with Crippen molar-refractivity contribution < 1.29 is 14.2 Å². The van der Waals surface area contributed by atoms with Gasteiger partial charge < -0.3 is 19.9 Å². The molecule has 0 amide bonds. The van der Waals surface area contributed by atoms with Gasteiger partial charge in [-0.25, -0.2) is 4.98 Å². The molecule has 0 bridgehead atoms. The molecule has 3 heterocycles. The summed E-state index contributed by atoms with van der Waals surface area (Å²) < 4.78 is 17.6. The number of nitrogen functional groups attached to an aromatic ring is 1. The van der Waals surface area contributed by atoms with Gasteiger partial charge in [0.2, 0.25) is 0 Å². The normalized spacial score (nSPS) is 19.1. The zero-order valence-electron chi connectivity index (χ0n) is 15.6. The number of likely N-dealkylation sites (tertiary alicyclic amines) is 1. The van der Waals surface area contributed by atoms with E-state index in [-0.39, 0.29) is 6.10 Å². The number of pyridine rings is 1. The van der Waals surface area contributed by atoms with Crippen LogP contribution in [0.4, 0.5) is 5.82 Å². The van der Waals surface area contributed by atoms with Crippen molar-refractivity contribution in [2.75, 3.05) is 32.0 Å². The number of nitrogens with two attached hydrogens (primary N) is 1. The summed E-state index contributed by atoms with van der Waals surface area (Å²) in [5.41, 5.74) is 7.92. The lowest BCUT2D eigenvalue weighted by atomic mass is 10.2. The molecule has 0 spiro atoms. The molecule has 28 heavy (non-hydrogen) atoms. The Hall–Kier alpha value is -2.99. The number of ether oxygens (including phenoxy) is 3. The van der Waals surface area contributed by atoms with E-state index in [2.05, 4.69) is 22.0 Å². The number of benzene rings is 2. The van der Waals surface area contributed by atoms with Crippen LogP contribution in [0.3, 0.4) is 0 Å². The molecule has 6 heteroatoms. The Morgan fingerprint density at radius 2 is 1.96 bits per heavy atom. The Morgan fingerprint density at radius 3 is 2.89 bits per heavy atom. The predicted octanol–water partition coefficient (Wildman–Crippen LogP) is 3.24. The second kappa shape index (κ2) is 7.20. The summed E-state index contributed by atoms with van der Waals surface area (Å²) in [5, 5.41) is 1.04. The third-order valence-electron chi connectivity index (χ3n) is 5.24. The van der Waals surface area contributed by atoms with Gasteiger partial charge >= 0.3 is 0 Å². The van der Waals surface area contributed by atoms with Crippen molar-refractivity contribution in [3.8, 4) is 17.2 Å². The summed E-state index contributed by atoms with van der Waals surface area (Å²) in [5.74, 6) is 2.99. The largest absolute Gasteiger partial charge is 0.487 e. The molecular formula is C22H23N3O3. The van der Waals surface area contributed by atoms with Crippen LogP contribution in [-0.4, -0.2) is 42.3 Å². The van der Waals surface area contributed by atoms with Crippen LogP contribution in [0.2, 0.25) is 0 Å².